The molecule has 1 heterocycles. The average Bonchev–Trinajstić information content (AvgIpc) is 3.16. The predicted octanol–water partition coefficient (Wildman–Crippen LogP) is 4.45. The maximum Gasteiger partial charge on any atom is 0.264 e. The maximum absolute atomic E-state index is 14.4. The van der Waals surface area contributed by atoms with Gasteiger partial charge >= 0.3 is 0 Å². The van der Waals surface area contributed by atoms with Crippen LogP contribution in [0, 0.1) is 19.7 Å². The fourth-order valence-electron chi connectivity index (χ4n) is 3.60. The lowest BCUT2D eigenvalue weighted by atomic mass is 10.1. The number of aryl methyl sites for hydroxylation is 1. The second-order valence-corrected chi connectivity index (χ2v) is 9.16. The molecule has 154 valence electrons. The standard InChI is InChI=1S/C23H21FN2O3S/c1-15-6-5-8-21(16(15)2)25-23(27)19-14-18(10-11-20(19)24)30(28,29)26-13-12-17-7-3-4-9-22(17)26/h3-11,14H,12-13H2,1-2H3,(H,25,27). The van der Waals surface area contributed by atoms with Gasteiger partial charge < -0.3 is 5.32 Å². The van der Waals surface area contributed by atoms with Crippen molar-refractivity contribution < 1.29 is 17.6 Å². The zero-order valence-corrected chi connectivity index (χ0v) is 17.5. The first-order valence-electron chi connectivity index (χ1n) is 9.57. The Morgan fingerprint density at radius 1 is 1.03 bits per heavy atom. The number of hydrogen-bond donors (Lipinski definition) is 1. The number of carbonyl (C=O) groups is 1. The Morgan fingerprint density at radius 2 is 1.80 bits per heavy atom. The summed E-state index contributed by atoms with van der Waals surface area (Å²) < 4.78 is 42.2. The SMILES string of the molecule is Cc1cccc(NC(=O)c2cc(S(=O)(=O)N3CCc4ccccc43)ccc2F)c1C. The van der Waals surface area contributed by atoms with Gasteiger partial charge in [0, 0.05) is 12.2 Å². The van der Waals surface area contributed by atoms with Crippen molar-refractivity contribution in [3.63, 3.8) is 0 Å². The summed E-state index contributed by atoms with van der Waals surface area (Å²) in [4.78, 5) is 12.6. The van der Waals surface area contributed by atoms with Crippen LogP contribution in [0.5, 0.6) is 0 Å². The van der Waals surface area contributed by atoms with Gasteiger partial charge in [-0.3, -0.25) is 9.10 Å². The lowest BCUT2D eigenvalue weighted by Crippen LogP contribution is -2.29. The molecule has 30 heavy (non-hydrogen) atoms. The van der Waals surface area contributed by atoms with Crippen LogP contribution in [0.4, 0.5) is 15.8 Å². The minimum Gasteiger partial charge on any atom is -0.322 e. The van der Waals surface area contributed by atoms with Crippen LogP contribution in [0.15, 0.2) is 65.6 Å². The molecule has 0 unspecified atom stereocenters. The van der Waals surface area contributed by atoms with Gasteiger partial charge in [0.2, 0.25) is 0 Å². The molecule has 3 aromatic rings. The highest BCUT2D eigenvalue weighted by molar-refractivity contribution is 7.92. The minimum absolute atomic E-state index is 0.119. The molecule has 0 aromatic heterocycles. The number of para-hydroxylation sites is 1. The molecular weight excluding hydrogens is 403 g/mol. The quantitative estimate of drug-likeness (QED) is 0.673. The summed E-state index contributed by atoms with van der Waals surface area (Å²) in [6, 6.07) is 16.0. The lowest BCUT2D eigenvalue weighted by Gasteiger charge is -2.20. The largest absolute Gasteiger partial charge is 0.322 e. The van der Waals surface area contributed by atoms with Crippen molar-refractivity contribution in [1.82, 2.24) is 0 Å². The molecule has 0 spiro atoms. The van der Waals surface area contributed by atoms with Gasteiger partial charge in [0.05, 0.1) is 16.1 Å². The number of amides is 1. The highest BCUT2D eigenvalue weighted by atomic mass is 32.2. The minimum atomic E-state index is -3.93. The summed E-state index contributed by atoms with van der Waals surface area (Å²) in [5.74, 6) is -1.47. The Bertz CT molecular complexity index is 1260. The first-order valence-corrected chi connectivity index (χ1v) is 11.0. The number of rotatable bonds is 4. The number of nitrogens with zero attached hydrogens (tertiary/aromatic N) is 1. The first kappa shape index (κ1) is 20.1. The molecule has 0 saturated carbocycles. The van der Waals surface area contributed by atoms with Crippen LogP contribution in [0.3, 0.4) is 0 Å². The van der Waals surface area contributed by atoms with Gasteiger partial charge in [-0.05, 0) is 67.3 Å². The van der Waals surface area contributed by atoms with E-state index >= 15 is 0 Å². The third kappa shape index (κ3) is 3.45. The Hall–Kier alpha value is -3.19. The van der Waals surface area contributed by atoms with E-state index in [1.54, 1.807) is 24.3 Å². The third-order valence-corrected chi connectivity index (χ3v) is 7.28. The number of fused-ring (bicyclic) bond motifs is 1. The highest BCUT2D eigenvalue weighted by Gasteiger charge is 2.31. The Balaban J connectivity index is 1.68. The van der Waals surface area contributed by atoms with Crippen molar-refractivity contribution in [2.24, 2.45) is 0 Å². The van der Waals surface area contributed by atoms with E-state index in [1.807, 2.05) is 32.0 Å². The molecule has 1 N–H and O–H groups in total. The van der Waals surface area contributed by atoms with Crippen LogP contribution in [-0.2, 0) is 16.4 Å². The summed E-state index contributed by atoms with van der Waals surface area (Å²) in [6.45, 7) is 4.07. The van der Waals surface area contributed by atoms with Gasteiger partial charge in [-0.25, -0.2) is 12.8 Å². The molecule has 0 saturated heterocycles. The first-order chi connectivity index (χ1) is 14.3. The zero-order valence-electron chi connectivity index (χ0n) is 16.6. The summed E-state index contributed by atoms with van der Waals surface area (Å²) >= 11 is 0. The molecule has 5 nitrogen and oxygen atoms in total. The summed E-state index contributed by atoms with van der Waals surface area (Å²) in [7, 11) is -3.93. The van der Waals surface area contributed by atoms with Crippen LogP contribution in [0.25, 0.3) is 0 Å². The van der Waals surface area contributed by atoms with E-state index in [0.717, 1.165) is 28.8 Å². The van der Waals surface area contributed by atoms with Gasteiger partial charge in [-0.15, -0.1) is 0 Å². The van der Waals surface area contributed by atoms with Crippen LogP contribution in [-0.4, -0.2) is 20.9 Å². The fraction of sp³-hybridized carbons (Fsp3) is 0.174. The van der Waals surface area contributed by atoms with Crippen LogP contribution < -0.4 is 9.62 Å². The van der Waals surface area contributed by atoms with Gasteiger partial charge in [0.1, 0.15) is 5.82 Å². The zero-order chi connectivity index (χ0) is 21.5. The molecule has 1 aliphatic rings. The molecule has 0 aliphatic carbocycles. The lowest BCUT2D eigenvalue weighted by molar-refractivity contribution is 0.102. The van der Waals surface area contributed by atoms with E-state index in [4.69, 9.17) is 0 Å². The molecule has 0 bridgehead atoms. The number of carbonyl (C=O) groups excluding carboxylic acids is 1. The second kappa shape index (κ2) is 7.57. The predicted molar refractivity (Wildman–Crippen MR) is 115 cm³/mol. The van der Waals surface area contributed by atoms with Crippen molar-refractivity contribution in [2.75, 3.05) is 16.2 Å². The van der Waals surface area contributed by atoms with E-state index in [9.17, 15) is 17.6 Å². The second-order valence-electron chi connectivity index (χ2n) is 7.30. The number of hydrogen-bond acceptors (Lipinski definition) is 3. The fourth-order valence-corrected chi connectivity index (χ4v) is 5.13. The molecular formula is C23H21FN2O3S. The van der Waals surface area contributed by atoms with Gasteiger partial charge in [-0.1, -0.05) is 30.3 Å². The topological polar surface area (TPSA) is 66.5 Å². The summed E-state index contributed by atoms with van der Waals surface area (Å²) in [6.07, 6.45) is 0.608. The molecule has 0 radical (unpaired) electrons. The van der Waals surface area contributed by atoms with Crippen molar-refractivity contribution in [3.8, 4) is 0 Å². The van der Waals surface area contributed by atoms with E-state index in [2.05, 4.69) is 5.32 Å². The number of sulfonamides is 1. The van der Waals surface area contributed by atoms with E-state index in [0.29, 0.717) is 24.3 Å². The maximum atomic E-state index is 14.4. The molecule has 0 fully saturated rings. The van der Waals surface area contributed by atoms with Crippen LogP contribution in [0.2, 0.25) is 0 Å². The van der Waals surface area contributed by atoms with Crippen LogP contribution in [0.1, 0.15) is 27.0 Å². The summed E-state index contributed by atoms with van der Waals surface area (Å²) in [5, 5.41) is 2.68. The molecule has 3 aromatic carbocycles. The van der Waals surface area contributed by atoms with Crippen molar-refractivity contribution >= 4 is 27.3 Å². The Kier molecular flexibility index (Phi) is 5.07. The van der Waals surface area contributed by atoms with Gasteiger partial charge in [0.15, 0.2) is 0 Å². The molecule has 7 heteroatoms. The van der Waals surface area contributed by atoms with Gasteiger partial charge in [0.25, 0.3) is 15.9 Å². The van der Waals surface area contributed by atoms with E-state index < -0.39 is 21.7 Å². The normalized spacial score (nSPS) is 13.2. The third-order valence-electron chi connectivity index (χ3n) is 5.47. The van der Waals surface area contributed by atoms with Crippen molar-refractivity contribution in [3.05, 3.63) is 88.7 Å². The molecule has 4 rings (SSSR count). The average molecular weight is 424 g/mol. The van der Waals surface area contributed by atoms with Crippen molar-refractivity contribution in [1.29, 1.82) is 0 Å². The van der Waals surface area contributed by atoms with E-state index in [-0.39, 0.29) is 10.5 Å². The summed E-state index contributed by atoms with van der Waals surface area (Å²) in [5.41, 5.74) is 3.64. The molecule has 1 amide bonds. The smallest absolute Gasteiger partial charge is 0.264 e. The van der Waals surface area contributed by atoms with E-state index in [1.165, 1.54) is 10.4 Å². The van der Waals surface area contributed by atoms with Crippen molar-refractivity contribution in [2.45, 2.75) is 25.2 Å². The highest BCUT2D eigenvalue weighted by Crippen LogP contribution is 2.33. The number of anilines is 2. The monoisotopic (exact) mass is 424 g/mol. The van der Waals surface area contributed by atoms with Crippen LogP contribution >= 0.6 is 0 Å². The molecule has 1 aliphatic heterocycles. The Morgan fingerprint density at radius 3 is 2.60 bits per heavy atom. The number of nitrogens with one attached hydrogen (secondary N) is 1. The van der Waals surface area contributed by atoms with Gasteiger partial charge in [-0.2, -0.15) is 0 Å². The Labute approximate surface area is 175 Å². The number of benzene rings is 3. The number of halogens is 1. The molecule has 0 atom stereocenters.